The molecule has 2 N–H and O–H groups in total. The van der Waals surface area contributed by atoms with Crippen LogP contribution < -0.4 is 20.2 Å². The van der Waals surface area contributed by atoms with Crippen molar-refractivity contribution in [3.05, 3.63) is 77.1 Å². The van der Waals surface area contributed by atoms with Gasteiger partial charge in [-0.3, -0.25) is 9.59 Å². The van der Waals surface area contributed by atoms with Crippen molar-refractivity contribution < 1.29 is 19.1 Å². The first kappa shape index (κ1) is 22.6. The van der Waals surface area contributed by atoms with E-state index >= 15 is 0 Å². The smallest absolute Gasteiger partial charge is 0.329 e. The number of aryl methyl sites for hydroxylation is 1. The quantitative estimate of drug-likeness (QED) is 0.340. The second-order valence-electron chi connectivity index (χ2n) is 7.09. The third kappa shape index (κ3) is 5.34. The van der Waals surface area contributed by atoms with Gasteiger partial charge >= 0.3 is 11.8 Å². The van der Waals surface area contributed by atoms with E-state index in [4.69, 9.17) is 9.47 Å². The topological polar surface area (TPSA) is 94.0 Å². The standard InChI is InChI=1S/C24H26N4O4/c1-16-13-19(17(2)28(16)20-7-11-22(32-4)12-8-20)15-26-27-24(30)23(29)25-14-18-5-9-21(31-3)10-6-18/h5-13,15H,14H2,1-4H3,(H,25,29)(H,27,30)/b26-15-. The van der Waals surface area contributed by atoms with Gasteiger partial charge in [0.15, 0.2) is 0 Å². The number of hydrazone groups is 1. The zero-order valence-electron chi connectivity index (χ0n) is 18.5. The highest BCUT2D eigenvalue weighted by Gasteiger charge is 2.13. The van der Waals surface area contributed by atoms with Crippen LogP contribution in [0.15, 0.2) is 59.7 Å². The molecule has 0 bridgehead atoms. The SMILES string of the molecule is COc1ccc(CNC(=O)C(=O)N/N=C\c2cc(C)n(-c3ccc(OC)cc3)c2C)cc1. The van der Waals surface area contributed by atoms with Gasteiger partial charge in [0.05, 0.1) is 20.4 Å². The van der Waals surface area contributed by atoms with Crippen molar-refractivity contribution in [2.24, 2.45) is 5.10 Å². The molecule has 0 saturated heterocycles. The van der Waals surface area contributed by atoms with E-state index in [-0.39, 0.29) is 6.54 Å². The zero-order valence-corrected chi connectivity index (χ0v) is 18.5. The lowest BCUT2D eigenvalue weighted by Crippen LogP contribution is -2.37. The number of rotatable bonds is 7. The monoisotopic (exact) mass is 434 g/mol. The Morgan fingerprint density at radius 3 is 2.12 bits per heavy atom. The van der Waals surface area contributed by atoms with E-state index in [2.05, 4.69) is 20.4 Å². The molecule has 0 radical (unpaired) electrons. The van der Waals surface area contributed by atoms with Gasteiger partial charge in [0.1, 0.15) is 11.5 Å². The van der Waals surface area contributed by atoms with Crippen LogP contribution in [-0.2, 0) is 16.1 Å². The number of hydrogen-bond acceptors (Lipinski definition) is 5. The normalized spacial score (nSPS) is 10.8. The lowest BCUT2D eigenvalue weighted by atomic mass is 10.2. The number of benzene rings is 2. The summed E-state index contributed by atoms with van der Waals surface area (Å²) in [6, 6.07) is 16.9. The molecule has 0 fully saturated rings. The molecule has 0 spiro atoms. The van der Waals surface area contributed by atoms with Crippen LogP contribution in [0.3, 0.4) is 0 Å². The van der Waals surface area contributed by atoms with Gasteiger partial charge in [-0.2, -0.15) is 5.10 Å². The highest BCUT2D eigenvalue weighted by molar-refractivity contribution is 6.35. The third-order valence-corrected chi connectivity index (χ3v) is 4.99. The van der Waals surface area contributed by atoms with E-state index in [9.17, 15) is 9.59 Å². The zero-order chi connectivity index (χ0) is 23.1. The molecule has 32 heavy (non-hydrogen) atoms. The van der Waals surface area contributed by atoms with Gasteiger partial charge in [-0.1, -0.05) is 12.1 Å². The maximum Gasteiger partial charge on any atom is 0.329 e. The van der Waals surface area contributed by atoms with Crippen molar-refractivity contribution in [2.45, 2.75) is 20.4 Å². The number of carbonyl (C=O) groups is 2. The van der Waals surface area contributed by atoms with Gasteiger partial charge < -0.3 is 19.4 Å². The highest BCUT2D eigenvalue weighted by Crippen LogP contribution is 2.22. The van der Waals surface area contributed by atoms with Crippen LogP contribution in [0.2, 0.25) is 0 Å². The number of nitrogens with zero attached hydrogens (tertiary/aromatic N) is 2. The Bertz CT molecular complexity index is 1120. The summed E-state index contributed by atoms with van der Waals surface area (Å²) in [5.74, 6) is -0.0927. The molecule has 8 heteroatoms. The van der Waals surface area contributed by atoms with Gasteiger partial charge in [-0.05, 0) is 61.9 Å². The molecular formula is C24H26N4O4. The van der Waals surface area contributed by atoms with Crippen LogP contribution in [0.4, 0.5) is 0 Å². The Morgan fingerprint density at radius 1 is 0.938 bits per heavy atom. The van der Waals surface area contributed by atoms with Crippen LogP contribution in [0.5, 0.6) is 11.5 Å². The van der Waals surface area contributed by atoms with E-state index in [1.54, 1.807) is 26.4 Å². The molecule has 0 saturated carbocycles. The first-order valence-electron chi connectivity index (χ1n) is 10.0. The maximum atomic E-state index is 12.0. The number of hydrogen-bond donors (Lipinski definition) is 2. The first-order valence-corrected chi connectivity index (χ1v) is 10.0. The highest BCUT2D eigenvalue weighted by atomic mass is 16.5. The molecule has 0 unspecified atom stereocenters. The summed E-state index contributed by atoms with van der Waals surface area (Å²) in [6.45, 7) is 4.17. The van der Waals surface area contributed by atoms with Crippen LogP contribution in [0.25, 0.3) is 5.69 Å². The molecule has 1 heterocycles. The van der Waals surface area contributed by atoms with E-state index < -0.39 is 11.8 Å². The van der Waals surface area contributed by atoms with Gasteiger partial charge in [-0.15, -0.1) is 0 Å². The molecule has 0 aliphatic rings. The minimum atomic E-state index is -0.835. The number of amides is 2. The average Bonchev–Trinajstić information content (AvgIpc) is 3.10. The van der Waals surface area contributed by atoms with Crippen molar-refractivity contribution in [3.8, 4) is 17.2 Å². The molecule has 2 aromatic carbocycles. The van der Waals surface area contributed by atoms with Gasteiger partial charge in [0.2, 0.25) is 0 Å². The summed E-state index contributed by atoms with van der Waals surface area (Å²) in [6.07, 6.45) is 1.52. The predicted molar refractivity (Wildman–Crippen MR) is 122 cm³/mol. The second-order valence-corrected chi connectivity index (χ2v) is 7.09. The second kappa shape index (κ2) is 10.3. The molecule has 0 atom stereocenters. The summed E-state index contributed by atoms with van der Waals surface area (Å²) in [7, 11) is 3.21. The molecule has 8 nitrogen and oxygen atoms in total. The number of carbonyl (C=O) groups excluding carboxylic acids is 2. The molecule has 0 aliphatic heterocycles. The van der Waals surface area contributed by atoms with Crippen molar-refractivity contribution in [3.63, 3.8) is 0 Å². The average molecular weight is 434 g/mol. The van der Waals surface area contributed by atoms with Crippen LogP contribution >= 0.6 is 0 Å². The molecule has 1 aromatic heterocycles. The Morgan fingerprint density at radius 2 is 1.53 bits per heavy atom. The summed E-state index contributed by atoms with van der Waals surface area (Å²) in [4.78, 5) is 24.0. The third-order valence-electron chi connectivity index (χ3n) is 4.99. The fraction of sp³-hybridized carbons (Fsp3) is 0.208. The lowest BCUT2D eigenvalue weighted by molar-refractivity contribution is -0.139. The summed E-state index contributed by atoms with van der Waals surface area (Å²) in [5, 5.41) is 6.50. The van der Waals surface area contributed by atoms with Crippen molar-refractivity contribution in [2.75, 3.05) is 14.2 Å². The van der Waals surface area contributed by atoms with Crippen LogP contribution in [0, 0.1) is 13.8 Å². The first-order chi connectivity index (χ1) is 15.4. The minimum Gasteiger partial charge on any atom is -0.497 e. The summed E-state index contributed by atoms with van der Waals surface area (Å²) in [5.41, 5.74) is 6.90. The van der Waals surface area contributed by atoms with Crippen molar-refractivity contribution in [1.29, 1.82) is 0 Å². The van der Waals surface area contributed by atoms with Crippen LogP contribution in [0.1, 0.15) is 22.5 Å². The summed E-state index contributed by atoms with van der Waals surface area (Å²) < 4.78 is 12.4. The summed E-state index contributed by atoms with van der Waals surface area (Å²) >= 11 is 0. The Balaban J connectivity index is 1.58. The molecule has 166 valence electrons. The lowest BCUT2D eigenvalue weighted by Gasteiger charge is -2.10. The van der Waals surface area contributed by atoms with Gasteiger partial charge in [0.25, 0.3) is 0 Å². The molecule has 3 aromatic rings. The van der Waals surface area contributed by atoms with Gasteiger partial charge in [-0.25, -0.2) is 5.43 Å². The molecule has 0 aliphatic carbocycles. The maximum absolute atomic E-state index is 12.0. The Labute approximate surface area is 186 Å². The van der Waals surface area contributed by atoms with Gasteiger partial charge in [0, 0.05) is 29.2 Å². The fourth-order valence-electron chi connectivity index (χ4n) is 3.26. The van der Waals surface area contributed by atoms with E-state index in [1.165, 1.54) is 6.21 Å². The van der Waals surface area contributed by atoms with E-state index in [0.29, 0.717) is 0 Å². The number of ether oxygens (including phenoxy) is 2. The Kier molecular flexibility index (Phi) is 7.28. The molecule has 2 amide bonds. The van der Waals surface area contributed by atoms with Crippen LogP contribution in [-0.4, -0.2) is 36.8 Å². The Hall–Kier alpha value is -4.07. The van der Waals surface area contributed by atoms with E-state index in [1.807, 2.05) is 56.3 Å². The number of methoxy groups -OCH3 is 2. The number of aromatic nitrogens is 1. The molecule has 3 rings (SSSR count). The predicted octanol–water partition coefficient (Wildman–Crippen LogP) is 2.88. The van der Waals surface area contributed by atoms with Crippen molar-refractivity contribution >= 4 is 18.0 Å². The fourth-order valence-corrected chi connectivity index (χ4v) is 3.26. The van der Waals surface area contributed by atoms with E-state index in [0.717, 1.165) is 39.7 Å². The number of nitrogens with one attached hydrogen (secondary N) is 2. The largest absolute Gasteiger partial charge is 0.497 e. The molecular weight excluding hydrogens is 408 g/mol. The minimum absolute atomic E-state index is 0.225. The van der Waals surface area contributed by atoms with Crippen molar-refractivity contribution in [1.82, 2.24) is 15.3 Å².